The number of hydrogen-bond donors (Lipinski definition) is 0. The summed E-state index contributed by atoms with van der Waals surface area (Å²) in [4.78, 5) is -0.644. The summed E-state index contributed by atoms with van der Waals surface area (Å²) in [6.07, 6.45) is 0.752. The number of hydrogen-bond acceptors (Lipinski definition) is 1. The molecule has 3 rings (SSSR count). The second-order valence-electron chi connectivity index (χ2n) is 4.58. The Morgan fingerprint density at radius 2 is 1.90 bits per heavy atom. The van der Waals surface area contributed by atoms with Crippen LogP contribution in [-0.4, -0.2) is 6.61 Å². The summed E-state index contributed by atoms with van der Waals surface area (Å²) < 4.78 is 33.4. The Labute approximate surface area is 128 Å². The van der Waals surface area contributed by atoms with Crippen molar-refractivity contribution in [2.45, 2.75) is 11.2 Å². The van der Waals surface area contributed by atoms with Crippen LogP contribution >= 0.6 is 27.5 Å². The normalized spacial score (nSPS) is 14.8. The average Bonchev–Trinajstić information content (AvgIpc) is 2.85. The molecule has 0 spiro atoms. The molecule has 1 nitrogen and oxygen atoms in total. The first-order chi connectivity index (χ1) is 9.58. The Morgan fingerprint density at radius 1 is 1.20 bits per heavy atom. The highest BCUT2D eigenvalue weighted by Gasteiger charge is 2.26. The molecule has 0 aromatic heterocycles. The van der Waals surface area contributed by atoms with Crippen molar-refractivity contribution in [2.24, 2.45) is 0 Å². The van der Waals surface area contributed by atoms with Crippen LogP contribution in [0, 0.1) is 11.6 Å². The lowest BCUT2D eigenvalue weighted by Crippen LogP contribution is -2.02. The molecule has 0 aliphatic carbocycles. The first-order valence-electron chi connectivity index (χ1n) is 6.11. The van der Waals surface area contributed by atoms with Gasteiger partial charge in [-0.3, -0.25) is 0 Å². The zero-order valence-electron chi connectivity index (χ0n) is 10.3. The molecule has 2 aromatic rings. The van der Waals surface area contributed by atoms with E-state index < -0.39 is 16.5 Å². The highest BCUT2D eigenvalue weighted by atomic mass is 79.9. The number of ether oxygens (including phenoxy) is 1. The van der Waals surface area contributed by atoms with Crippen LogP contribution in [-0.2, 0) is 6.42 Å². The second kappa shape index (κ2) is 5.34. The number of fused-ring (bicyclic) bond motifs is 1. The first-order valence-corrected chi connectivity index (χ1v) is 7.40. The maximum absolute atomic E-state index is 13.9. The number of alkyl halides is 1. The molecule has 1 aliphatic rings. The lowest BCUT2D eigenvalue weighted by Gasteiger charge is -2.16. The van der Waals surface area contributed by atoms with Gasteiger partial charge in [-0.15, -0.1) is 0 Å². The van der Waals surface area contributed by atoms with Gasteiger partial charge in [-0.05, 0) is 29.8 Å². The minimum atomic E-state index is -0.644. The van der Waals surface area contributed by atoms with Crippen molar-refractivity contribution >= 4 is 27.5 Å². The van der Waals surface area contributed by atoms with Crippen molar-refractivity contribution in [3.8, 4) is 5.75 Å². The van der Waals surface area contributed by atoms with Crippen LogP contribution in [0.5, 0.6) is 5.75 Å². The van der Waals surface area contributed by atoms with Crippen LogP contribution in [0.4, 0.5) is 8.78 Å². The molecular formula is C15H10BrClF2O. The first kappa shape index (κ1) is 13.8. The Morgan fingerprint density at radius 3 is 2.60 bits per heavy atom. The van der Waals surface area contributed by atoms with E-state index in [1.165, 1.54) is 18.2 Å². The van der Waals surface area contributed by atoms with Crippen LogP contribution in [0.1, 0.15) is 21.5 Å². The summed E-state index contributed by atoms with van der Waals surface area (Å²) in [6, 6.07) is 7.31. The molecule has 5 heteroatoms. The lowest BCUT2D eigenvalue weighted by molar-refractivity contribution is 0.353. The molecule has 0 saturated carbocycles. The highest BCUT2D eigenvalue weighted by Crippen LogP contribution is 2.43. The molecule has 0 radical (unpaired) electrons. The van der Waals surface area contributed by atoms with Gasteiger partial charge in [0, 0.05) is 22.6 Å². The summed E-state index contributed by atoms with van der Waals surface area (Å²) in [5, 5.41) is 0.533. The smallest absolute Gasteiger partial charge is 0.130 e. The van der Waals surface area contributed by atoms with E-state index in [1.807, 2.05) is 6.07 Å². The summed E-state index contributed by atoms with van der Waals surface area (Å²) >= 11 is 9.44. The van der Waals surface area contributed by atoms with Gasteiger partial charge in [0.05, 0.1) is 11.4 Å². The van der Waals surface area contributed by atoms with Gasteiger partial charge >= 0.3 is 0 Å². The average molecular weight is 360 g/mol. The van der Waals surface area contributed by atoms with E-state index in [-0.39, 0.29) is 5.56 Å². The minimum Gasteiger partial charge on any atom is -0.493 e. The quantitative estimate of drug-likeness (QED) is 0.683. The molecule has 0 amide bonds. The fraction of sp³-hybridized carbons (Fsp3) is 0.200. The number of halogens is 4. The molecule has 0 saturated heterocycles. The Bertz CT molecular complexity index is 655. The zero-order valence-corrected chi connectivity index (χ0v) is 12.6. The highest BCUT2D eigenvalue weighted by molar-refractivity contribution is 9.09. The SMILES string of the molecule is Fc1cccc(F)c1C(Br)c1cc(Cl)cc2c1OCC2. The van der Waals surface area contributed by atoms with Crippen molar-refractivity contribution in [3.05, 3.63) is 63.7 Å². The standard InChI is InChI=1S/C15H10BrClF2O/c16-14(13-11(18)2-1-3-12(13)19)10-7-9(17)6-8-4-5-20-15(8)10/h1-3,6-7,14H,4-5H2. The molecule has 0 bridgehead atoms. The van der Waals surface area contributed by atoms with Crippen LogP contribution in [0.25, 0.3) is 0 Å². The maximum Gasteiger partial charge on any atom is 0.130 e. The van der Waals surface area contributed by atoms with Gasteiger partial charge in [0.1, 0.15) is 17.4 Å². The maximum atomic E-state index is 13.9. The van der Waals surface area contributed by atoms with Crippen molar-refractivity contribution in [2.75, 3.05) is 6.61 Å². The Balaban J connectivity index is 2.14. The molecule has 104 valence electrons. The predicted molar refractivity (Wildman–Crippen MR) is 77.8 cm³/mol. The van der Waals surface area contributed by atoms with Crippen molar-refractivity contribution < 1.29 is 13.5 Å². The van der Waals surface area contributed by atoms with Gasteiger partial charge in [0.25, 0.3) is 0 Å². The summed E-state index contributed by atoms with van der Waals surface area (Å²) in [6.45, 7) is 0.558. The number of rotatable bonds is 2. The zero-order chi connectivity index (χ0) is 14.3. The van der Waals surface area contributed by atoms with Crippen LogP contribution in [0.15, 0.2) is 30.3 Å². The van der Waals surface area contributed by atoms with E-state index in [9.17, 15) is 8.78 Å². The molecule has 1 heterocycles. The van der Waals surface area contributed by atoms with Crippen molar-refractivity contribution in [3.63, 3.8) is 0 Å². The van der Waals surface area contributed by atoms with E-state index >= 15 is 0 Å². The summed E-state index contributed by atoms with van der Waals surface area (Å²) in [5.41, 5.74) is 1.58. The fourth-order valence-electron chi connectivity index (χ4n) is 2.39. The minimum absolute atomic E-state index is 0.0348. The molecule has 1 unspecified atom stereocenters. The number of benzene rings is 2. The van der Waals surface area contributed by atoms with Crippen molar-refractivity contribution in [1.29, 1.82) is 0 Å². The second-order valence-corrected chi connectivity index (χ2v) is 5.93. The molecule has 2 aromatic carbocycles. The third-order valence-corrected chi connectivity index (χ3v) is 4.47. The van der Waals surface area contributed by atoms with E-state index in [4.69, 9.17) is 16.3 Å². The molecular weight excluding hydrogens is 350 g/mol. The van der Waals surface area contributed by atoms with Crippen LogP contribution in [0.2, 0.25) is 5.02 Å². The lowest BCUT2D eigenvalue weighted by atomic mass is 10.00. The van der Waals surface area contributed by atoms with Crippen molar-refractivity contribution in [1.82, 2.24) is 0 Å². The third-order valence-electron chi connectivity index (χ3n) is 3.30. The molecule has 1 aliphatic heterocycles. The molecule has 20 heavy (non-hydrogen) atoms. The largest absolute Gasteiger partial charge is 0.493 e. The predicted octanol–water partition coefficient (Wildman–Crippen LogP) is 5.04. The van der Waals surface area contributed by atoms with Gasteiger partial charge in [-0.25, -0.2) is 8.78 Å². The van der Waals surface area contributed by atoms with E-state index in [2.05, 4.69) is 15.9 Å². The Hall–Kier alpha value is -1.13. The summed E-state index contributed by atoms with van der Waals surface area (Å²) in [7, 11) is 0. The van der Waals surface area contributed by atoms with Gasteiger partial charge in [-0.2, -0.15) is 0 Å². The van der Waals surface area contributed by atoms with E-state index in [0.29, 0.717) is 22.9 Å². The van der Waals surface area contributed by atoms with Gasteiger partial charge in [0.2, 0.25) is 0 Å². The van der Waals surface area contributed by atoms with Crippen LogP contribution in [0.3, 0.4) is 0 Å². The van der Waals surface area contributed by atoms with Gasteiger partial charge < -0.3 is 4.74 Å². The Kier molecular flexibility index (Phi) is 3.69. The van der Waals surface area contributed by atoms with Gasteiger partial charge in [-0.1, -0.05) is 33.6 Å². The molecule has 0 N–H and O–H groups in total. The monoisotopic (exact) mass is 358 g/mol. The van der Waals surface area contributed by atoms with E-state index in [1.54, 1.807) is 6.07 Å². The molecule has 1 atom stereocenters. The fourth-order valence-corrected chi connectivity index (χ4v) is 3.42. The van der Waals surface area contributed by atoms with E-state index in [0.717, 1.165) is 12.0 Å². The topological polar surface area (TPSA) is 9.23 Å². The summed E-state index contributed by atoms with van der Waals surface area (Å²) in [5.74, 6) is -0.531. The molecule has 0 fully saturated rings. The van der Waals surface area contributed by atoms with Crippen LogP contribution < -0.4 is 4.74 Å². The van der Waals surface area contributed by atoms with Gasteiger partial charge in [0.15, 0.2) is 0 Å². The third kappa shape index (κ3) is 2.31.